The van der Waals surface area contributed by atoms with E-state index in [1.807, 2.05) is 72.5 Å². The largest absolute Gasteiger partial charge is 0.321 e. The number of para-hydroxylation sites is 2. The van der Waals surface area contributed by atoms with Gasteiger partial charge >= 0.3 is 0 Å². The van der Waals surface area contributed by atoms with Gasteiger partial charge in [-0.1, -0.05) is 72.4 Å². The van der Waals surface area contributed by atoms with Gasteiger partial charge in [-0.05, 0) is 31.2 Å². The summed E-state index contributed by atoms with van der Waals surface area (Å²) in [4.78, 5) is 41.8. The number of rotatable bonds is 3. The molecule has 0 fully saturated rings. The highest BCUT2D eigenvalue weighted by atomic mass is 32.2. The molecule has 156 valence electrons. The molecule has 0 unspecified atom stereocenters. The summed E-state index contributed by atoms with van der Waals surface area (Å²) < 4.78 is 0. The molecule has 1 aliphatic heterocycles. The van der Waals surface area contributed by atoms with Crippen molar-refractivity contribution in [3.63, 3.8) is 0 Å². The molecule has 2 aliphatic rings. The number of fused-ring (bicyclic) bond motifs is 1. The molecule has 1 aliphatic carbocycles. The number of hydrogen-bond donors (Lipinski definition) is 1. The molecular weight excluding hydrogens is 420 g/mol. The zero-order valence-electron chi connectivity index (χ0n) is 17.2. The number of Topliss-reactive ketones (excluding diaryl/α,β-unsaturated/α-hetero) is 2. The van der Waals surface area contributed by atoms with Crippen molar-refractivity contribution in [3.8, 4) is 0 Å². The van der Waals surface area contributed by atoms with Crippen LogP contribution < -0.4 is 10.2 Å². The van der Waals surface area contributed by atoms with E-state index in [1.165, 1.54) is 0 Å². The van der Waals surface area contributed by atoms with Gasteiger partial charge < -0.3 is 10.2 Å². The Balaban J connectivity index is 1.61. The molecule has 0 spiro atoms. The van der Waals surface area contributed by atoms with Crippen LogP contribution in [0.5, 0.6) is 0 Å². The van der Waals surface area contributed by atoms with Crippen LogP contribution in [0.15, 0.2) is 106 Å². The Labute approximate surface area is 189 Å². The number of nitrogens with one attached hydrogen (secondary N) is 1. The van der Waals surface area contributed by atoms with Crippen molar-refractivity contribution in [3.05, 3.63) is 117 Å². The third-order valence-corrected chi connectivity index (χ3v) is 6.67. The summed E-state index contributed by atoms with van der Waals surface area (Å²) in [5.41, 5.74) is 3.00. The van der Waals surface area contributed by atoms with E-state index in [-0.39, 0.29) is 23.0 Å². The van der Waals surface area contributed by atoms with Gasteiger partial charge in [-0.15, -0.1) is 0 Å². The molecule has 5 rings (SSSR count). The van der Waals surface area contributed by atoms with E-state index in [2.05, 4.69) is 5.32 Å². The maximum atomic E-state index is 13.2. The standard InChI is InChI=1S/C26H18N2O3S/c1-16-24(25(31)27-17-10-4-2-5-11-17)32-26(28(16)18-12-6-3-7-13-18)21-22(29)19-14-8-9-15-20(19)23(21)30/h2-15H,1H3,(H,27,31). The van der Waals surface area contributed by atoms with Gasteiger partial charge in [0.25, 0.3) is 5.91 Å². The first-order valence-corrected chi connectivity index (χ1v) is 10.9. The Hall–Kier alpha value is -3.90. The van der Waals surface area contributed by atoms with E-state index in [9.17, 15) is 14.4 Å². The summed E-state index contributed by atoms with van der Waals surface area (Å²) in [5, 5.41) is 3.36. The molecule has 0 radical (unpaired) electrons. The molecule has 5 nitrogen and oxygen atoms in total. The number of hydrogen-bond acceptors (Lipinski definition) is 5. The monoisotopic (exact) mass is 438 g/mol. The highest BCUT2D eigenvalue weighted by Gasteiger charge is 2.41. The van der Waals surface area contributed by atoms with Crippen LogP contribution in [0, 0.1) is 0 Å². The molecule has 0 aromatic heterocycles. The van der Waals surface area contributed by atoms with Gasteiger partial charge in [0.1, 0.15) is 10.6 Å². The maximum Gasteiger partial charge on any atom is 0.264 e. The van der Waals surface area contributed by atoms with Gasteiger partial charge in [-0.3, -0.25) is 14.4 Å². The number of benzene rings is 3. The van der Waals surface area contributed by atoms with Crippen LogP contribution in [0.2, 0.25) is 0 Å². The Morgan fingerprint density at radius 2 is 1.31 bits per heavy atom. The van der Waals surface area contributed by atoms with Crippen molar-refractivity contribution in [1.82, 2.24) is 0 Å². The Kier molecular flexibility index (Phi) is 4.99. The molecule has 0 atom stereocenters. The zero-order chi connectivity index (χ0) is 22.2. The third kappa shape index (κ3) is 3.25. The van der Waals surface area contributed by atoms with E-state index in [4.69, 9.17) is 0 Å². The average Bonchev–Trinajstić information content (AvgIpc) is 3.29. The van der Waals surface area contributed by atoms with Gasteiger partial charge in [0.2, 0.25) is 0 Å². The van der Waals surface area contributed by atoms with Gasteiger partial charge in [-0.2, -0.15) is 0 Å². The molecule has 3 aromatic carbocycles. The minimum absolute atomic E-state index is 0.0990. The normalized spacial score (nSPS) is 15.5. The van der Waals surface area contributed by atoms with Crippen LogP contribution in [0.4, 0.5) is 11.4 Å². The van der Waals surface area contributed by atoms with Crippen LogP contribution in [-0.2, 0) is 4.79 Å². The molecule has 0 saturated carbocycles. The summed E-state index contributed by atoms with van der Waals surface area (Å²) in [6.07, 6.45) is 0. The fraction of sp³-hybridized carbons (Fsp3) is 0.0385. The number of allylic oxidation sites excluding steroid dienone is 2. The molecule has 1 amide bonds. The Bertz CT molecular complexity index is 1290. The van der Waals surface area contributed by atoms with Crippen molar-refractivity contribution in [2.24, 2.45) is 0 Å². The molecule has 3 aromatic rings. The van der Waals surface area contributed by atoms with Crippen LogP contribution in [-0.4, -0.2) is 17.5 Å². The van der Waals surface area contributed by atoms with E-state index < -0.39 is 0 Å². The number of amides is 1. The van der Waals surface area contributed by atoms with Crippen LogP contribution in [0.1, 0.15) is 27.6 Å². The lowest BCUT2D eigenvalue weighted by Crippen LogP contribution is -2.20. The number of carbonyl (C=O) groups excluding carboxylic acids is 3. The summed E-state index contributed by atoms with van der Waals surface area (Å²) in [6, 6.07) is 25.4. The minimum atomic E-state index is -0.313. The molecule has 32 heavy (non-hydrogen) atoms. The predicted molar refractivity (Wildman–Crippen MR) is 126 cm³/mol. The minimum Gasteiger partial charge on any atom is -0.321 e. The van der Waals surface area contributed by atoms with Crippen molar-refractivity contribution in [2.75, 3.05) is 10.2 Å². The molecular formula is C26H18N2O3S. The maximum absolute atomic E-state index is 13.2. The fourth-order valence-corrected chi connectivity index (χ4v) is 5.08. The van der Waals surface area contributed by atoms with Gasteiger partial charge in [0, 0.05) is 28.2 Å². The average molecular weight is 439 g/mol. The van der Waals surface area contributed by atoms with Crippen LogP contribution in [0.3, 0.4) is 0 Å². The molecule has 6 heteroatoms. The van der Waals surface area contributed by atoms with Crippen molar-refractivity contribution >= 4 is 40.6 Å². The number of nitrogens with zero attached hydrogens (tertiary/aromatic N) is 1. The van der Waals surface area contributed by atoms with E-state index in [1.54, 1.807) is 24.3 Å². The summed E-state index contributed by atoms with van der Waals surface area (Å²) >= 11 is 1.16. The van der Waals surface area contributed by atoms with Gasteiger partial charge in [-0.25, -0.2) is 0 Å². The van der Waals surface area contributed by atoms with Crippen molar-refractivity contribution in [2.45, 2.75) is 6.92 Å². The highest BCUT2D eigenvalue weighted by Crippen LogP contribution is 2.47. The SMILES string of the molecule is CC1=C(C(=O)Nc2ccccc2)SC(=C2C(=O)c3ccccc3C2=O)N1c1ccccc1. The number of anilines is 2. The third-order valence-electron chi connectivity index (χ3n) is 5.40. The Morgan fingerprint density at radius 1 is 0.781 bits per heavy atom. The van der Waals surface area contributed by atoms with Gasteiger partial charge in [0.15, 0.2) is 11.6 Å². The smallest absolute Gasteiger partial charge is 0.264 e. The fourth-order valence-electron chi connectivity index (χ4n) is 3.89. The van der Waals surface area contributed by atoms with E-state index in [0.29, 0.717) is 32.4 Å². The van der Waals surface area contributed by atoms with Crippen LogP contribution in [0.25, 0.3) is 0 Å². The quantitative estimate of drug-likeness (QED) is 0.438. The van der Waals surface area contributed by atoms with Crippen molar-refractivity contribution in [1.29, 1.82) is 0 Å². The summed E-state index contributed by atoms with van der Waals surface area (Å²) in [5.74, 6) is -0.913. The first-order chi connectivity index (χ1) is 15.6. The van der Waals surface area contributed by atoms with Crippen LogP contribution >= 0.6 is 11.8 Å². The zero-order valence-corrected chi connectivity index (χ0v) is 18.0. The first-order valence-electron chi connectivity index (χ1n) is 10.1. The summed E-state index contributed by atoms with van der Waals surface area (Å²) in [6.45, 7) is 1.82. The highest BCUT2D eigenvalue weighted by molar-refractivity contribution is 8.08. The lowest BCUT2D eigenvalue weighted by atomic mass is 10.1. The second-order valence-corrected chi connectivity index (χ2v) is 8.39. The van der Waals surface area contributed by atoms with Crippen molar-refractivity contribution < 1.29 is 14.4 Å². The predicted octanol–water partition coefficient (Wildman–Crippen LogP) is 5.40. The lowest BCUT2D eigenvalue weighted by Gasteiger charge is -2.22. The molecule has 0 bridgehead atoms. The second-order valence-electron chi connectivity index (χ2n) is 7.39. The number of ketones is 2. The number of thioether (sulfide) groups is 1. The topological polar surface area (TPSA) is 66.5 Å². The van der Waals surface area contributed by atoms with E-state index in [0.717, 1.165) is 17.4 Å². The lowest BCUT2D eigenvalue weighted by molar-refractivity contribution is -0.112. The van der Waals surface area contributed by atoms with Gasteiger partial charge in [0.05, 0.1) is 4.91 Å². The van der Waals surface area contributed by atoms with E-state index >= 15 is 0 Å². The first kappa shape index (κ1) is 20.0. The number of carbonyl (C=O) groups is 3. The second kappa shape index (κ2) is 7.98. The molecule has 1 heterocycles. The molecule has 1 N–H and O–H groups in total. The molecule has 0 saturated heterocycles. The Morgan fingerprint density at radius 3 is 1.91 bits per heavy atom. The summed E-state index contributed by atoms with van der Waals surface area (Å²) in [7, 11) is 0.